The van der Waals surface area contributed by atoms with Crippen molar-refractivity contribution in [2.45, 2.75) is 91.3 Å². The van der Waals surface area contributed by atoms with Gasteiger partial charge in [0.1, 0.15) is 0 Å². The van der Waals surface area contributed by atoms with Crippen molar-refractivity contribution in [2.75, 3.05) is 0 Å². The van der Waals surface area contributed by atoms with E-state index in [9.17, 15) is 0 Å². The second-order valence-corrected chi connectivity index (χ2v) is 10.1. The molecule has 0 aromatic carbocycles. The number of hydrogen-bond donors (Lipinski definition) is 0. The first kappa shape index (κ1) is 14.5. The van der Waals surface area contributed by atoms with Crippen molar-refractivity contribution in [2.24, 2.45) is 34.5 Å². The van der Waals surface area contributed by atoms with Gasteiger partial charge in [-0.2, -0.15) is 0 Å². The Morgan fingerprint density at radius 1 is 0.667 bits per heavy atom. The summed E-state index contributed by atoms with van der Waals surface area (Å²) in [6.45, 7) is 14.9. The molecule has 6 unspecified atom stereocenters. The number of ether oxygens (including phenoxy) is 1. The van der Waals surface area contributed by atoms with Gasteiger partial charge in [-0.25, -0.2) is 0 Å². The van der Waals surface area contributed by atoms with Gasteiger partial charge in [-0.15, -0.1) is 0 Å². The van der Waals surface area contributed by atoms with E-state index in [1.54, 1.807) is 0 Å². The fourth-order valence-electron chi connectivity index (χ4n) is 7.04. The lowest BCUT2D eigenvalue weighted by Crippen LogP contribution is -2.77. The first-order chi connectivity index (χ1) is 9.67. The van der Waals surface area contributed by atoms with Crippen LogP contribution in [0.2, 0.25) is 0 Å². The molecule has 1 heteroatoms. The quantitative estimate of drug-likeness (QED) is 0.658. The van der Waals surface area contributed by atoms with Gasteiger partial charge in [-0.05, 0) is 73.0 Å². The summed E-state index contributed by atoms with van der Waals surface area (Å²) in [5.41, 5.74) is 1.11. The van der Waals surface area contributed by atoms with Crippen molar-refractivity contribution in [1.82, 2.24) is 0 Å². The first-order valence-electron chi connectivity index (χ1n) is 9.37. The highest BCUT2D eigenvalue weighted by atomic mass is 16.5. The average molecular weight is 290 g/mol. The lowest BCUT2D eigenvalue weighted by atomic mass is 9.39. The minimum Gasteiger partial charge on any atom is -0.367 e. The van der Waals surface area contributed by atoms with Crippen molar-refractivity contribution >= 4 is 0 Å². The topological polar surface area (TPSA) is 9.23 Å². The molecule has 21 heavy (non-hydrogen) atoms. The van der Waals surface area contributed by atoms with E-state index in [0.717, 1.165) is 23.7 Å². The van der Waals surface area contributed by atoms with E-state index in [2.05, 4.69) is 41.5 Å². The molecule has 6 rings (SSSR count). The van der Waals surface area contributed by atoms with Crippen molar-refractivity contribution in [3.8, 4) is 0 Å². The Labute approximate surface area is 131 Å². The van der Waals surface area contributed by atoms with Crippen LogP contribution in [0.5, 0.6) is 0 Å². The summed E-state index contributed by atoms with van der Waals surface area (Å²) in [5.74, 6) is 3.28. The van der Waals surface area contributed by atoms with Crippen LogP contribution in [0.15, 0.2) is 0 Å². The molecular formula is C20H34O. The zero-order valence-corrected chi connectivity index (χ0v) is 15.0. The normalized spacial score (nSPS) is 56.3. The van der Waals surface area contributed by atoms with Gasteiger partial charge in [0.2, 0.25) is 0 Å². The summed E-state index contributed by atoms with van der Waals surface area (Å²) in [7, 11) is 0. The minimum atomic E-state index is 0.170. The van der Waals surface area contributed by atoms with E-state index in [1.807, 2.05) is 0 Å². The third kappa shape index (κ3) is 1.39. The zero-order valence-electron chi connectivity index (χ0n) is 15.0. The molecule has 6 aliphatic rings. The summed E-state index contributed by atoms with van der Waals surface area (Å²) in [5, 5.41) is 0. The van der Waals surface area contributed by atoms with Gasteiger partial charge >= 0.3 is 0 Å². The number of rotatable bonds is 2. The summed E-state index contributed by atoms with van der Waals surface area (Å²) in [6, 6.07) is 0. The van der Waals surface area contributed by atoms with Crippen LogP contribution in [-0.4, -0.2) is 11.2 Å². The summed E-state index contributed by atoms with van der Waals surface area (Å²) >= 11 is 0. The number of hydrogen-bond acceptors (Lipinski definition) is 1. The molecule has 0 spiro atoms. The lowest BCUT2D eigenvalue weighted by molar-refractivity contribution is -0.391. The van der Waals surface area contributed by atoms with Gasteiger partial charge in [-0.3, -0.25) is 0 Å². The maximum atomic E-state index is 7.29. The van der Waals surface area contributed by atoms with Crippen molar-refractivity contribution in [3.63, 3.8) is 0 Å². The summed E-state index contributed by atoms with van der Waals surface area (Å²) in [4.78, 5) is 0. The Kier molecular flexibility index (Phi) is 2.69. The molecule has 0 amide bonds. The first-order valence-corrected chi connectivity index (χ1v) is 9.37. The zero-order chi connectivity index (χ0) is 15.3. The molecule has 0 N–H and O–H groups in total. The number of fused-ring (bicyclic) bond motifs is 4. The molecule has 1 nitrogen and oxygen atoms in total. The van der Waals surface area contributed by atoms with Crippen LogP contribution < -0.4 is 0 Å². The summed E-state index contributed by atoms with van der Waals surface area (Å²) < 4.78 is 7.29. The maximum Gasteiger partial charge on any atom is 0.0772 e. The highest BCUT2D eigenvalue weighted by molar-refractivity contribution is 5.21. The van der Waals surface area contributed by atoms with Crippen molar-refractivity contribution < 1.29 is 4.74 Å². The standard InChI is InChI=1S/C20H34O/c1-13-7-9-15-11-19(13,17(15,3)4)21-20-12-16(18(20,5)6)10-8-14(20)2/h13-16H,7-12H2,1-6H3. The SMILES string of the molecule is CC1CCC2CC1(OC13CC(CCC1C)C3(C)C)C2(C)C. The molecule has 4 bridgehead atoms. The Hall–Kier alpha value is -0.0400. The summed E-state index contributed by atoms with van der Waals surface area (Å²) in [6.07, 6.45) is 8.26. The van der Waals surface area contributed by atoms with Gasteiger partial charge in [0, 0.05) is 0 Å². The fraction of sp³-hybridized carbons (Fsp3) is 1.00. The van der Waals surface area contributed by atoms with Crippen LogP contribution >= 0.6 is 0 Å². The van der Waals surface area contributed by atoms with E-state index in [-0.39, 0.29) is 11.2 Å². The van der Waals surface area contributed by atoms with Gasteiger partial charge in [0.15, 0.2) is 0 Å². The third-order valence-corrected chi connectivity index (χ3v) is 9.17. The molecule has 120 valence electrons. The molecule has 6 atom stereocenters. The van der Waals surface area contributed by atoms with Crippen LogP contribution in [0.4, 0.5) is 0 Å². The highest BCUT2D eigenvalue weighted by Gasteiger charge is 2.73. The smallest absolute Gasteiger partial charge is 0.0772 e. The average Bonchev–Trinajstić information content (AvgIpc) is 2.42. The van der Waals surface area contributed by atoms with E-state index < -0.39 is 0 Å². The lowest BCUT2D eigenvalue weighted by Gasteiger charge is -2.76. The Bertz CT molecular complexity index is 422. The van der Waals surface area contributed by atoms with Gasteiger partial charge in [0.25, 0.3) is 0 Å². The predicted octanol–water partition coefficient (Wildman–Crippen LogP) is 5.43. The van der Waals surface area contributed by atoms with Crippen LogP contribution in [0.1, 0.15) is 80.1 Å². The third-order valence-electron chi connectivity index (χ3n) is 9.17. The Balaban J connectivity index is 1.69. The second-order valence-electron chi connectivity index (χ2n) is 10.1. The highest BCUT2D eigenvalue weighted by Crippen LogP contribution is 2.73. The van der Waals surface area contributed by atoms with E-state index >= 15 is 0 Å². The molecule has 6 saturated carbocycles. The van der Waals surface area contributed by atoms with E-state index in [0.29, 0.717) is 10.8 Å². The minimum absolute atomic E-state index is 0.170. The molecule has 0 saturated heterocycles. The fourth-order valence-corrected chi connectivity index (χ4v) is 7.04. The van der Waals surface area contributed by atoms with Crippen LogP contribution in [0.25, 0.3) is 0 Å². The Morgan fingerprint density at radius 2 is 1.05 bits per heavy atom. The molecule has 0 aromatic rings. The van der Waals surface area contributed by atoms with E-state index in [4.69, 9.17) is 4.74 Å². The van der Waals surface area contributed by atoms with Gasteiger partial charge in [0.05, 0.1) is 11.2 Å². The molecular weight excluding hydrogens is 256 g/mol. The molecule has 0 aliphatic heterocycles. The largest absolute Gasteiger partial charge is 0.367 e. The maximum absolute atomic E-state index is 7.29. The van der Waals surface area contributed by atoms with Gasteiger partial charge < -0.3 is 4.74 Å². The monoisotopic (exact) mass is 290 g/mol. The Morgan fingerprint density at radius 3 is 1.33 bits per heavy atom. The second kappa shape index (κ2) is 3.89. The van der Waals surface area contributed by atoms with Crippen LogP contribution in [0, 0.1) is 34.5 Å². The molecule has 0 radical (unpaired) electrons. The molecule has 6 aliphatic carbocycles. The molecule has 6 fully saturated rings. The molecule has 0 aromatic heterocycles. The van der Waals surface area contributed by atoms with Crippen LogP contribution in [-0.2, 0) is 4.74 Å². The van der Waals surface area contributed by atoms with Crippen molar-refractivity contribution in [1.29, 1.82) is 0 Å². The van der Waals surface area contributed by atoms with Crippen LogP contribution in [0.3, 0.4) is 0 Å². The predicted molar refractivity (Wildman–Crippen MR) is 87.1 cm³/mol. The van der Waals surface area contributed by atoms with Crippen molar-refractivity contribution in [3.05, 3.63) is 0 Å². The van der Waals surface area contributed by atoms with Gasteiger partial charge in [-0.1, -0.05) is 41.5 Å². The van der Waals surface area contributed by atoms with E-state index in [1.165, 1.54) is 38.5 Å². The molecule has 0 heterocycles.